The number of aromatic hydroxyl groups is 1. The quantitative estimate of drug-likeness (QED) is 0.764. The largest absolute Gasteiger partial charge is 0.504 e. The number of nitrogens with zero attached hydrogens (tertiary/aromatic N) is 2. The van der Waals surface area contributed by atoms with E-state index in [1.54, 1.807) is 36.7 Å². The maximum absolute atomic E-state index is 12.4. The summed E-state index contributed by atoms with van der Waals surface area (Å²) in [5.74, 6) is -0.323. The van der Waals surface area contributed by atoms with Crippen molar-refractivity contribution >= 4 is 11.6 Å². The number of methoxy groups -OCH3 is 1. The molecule has 2 aromatic carbocycles. The molecule has 0 aliphatic rings. The van der Waals surface area contributed by atoms with Crippen molar-refractivity contribution in [3.8, 4) is 17.2 Å². The molecule has 0 saturated carbocycles. The molecule has 0 spiro atoms. The number of hydrogen-bond donors (Lipinski definition) is 2. The van der Waals surface area contributed by atoms with Crippen molar-refractivity contribution in [2.75, 3.05) is 12.4 Å². The predicted molar refractivity (Wildman–Crippen MR) is 95.7 cm³/mol. The van der Waals surface area contributed by atoms with Gasteiger partial charge in [0.15, 0.2) is 11.5 Å². The highest BCUT2D eigenvalue weighted by atomic mass is 16.5. The van der Waals surface area contributed by atoms with Gasteiger partial charge in [-0.1, -0.05) is 6.07 Å². The Morgan fingerprint density at radius 3 is 2.48 bits per heavy atom. The van der Waals surface area contributed by atoms with Gasteiger partial charge in [0.2, 0.25) is 0 Å². The van der Waals surface area contributed by atoms with Crippen LogP contribution in [0.25, 0.3) is 5.69 Å². The molecule has 0 saturated heterocycles. The summed E-state index contributed by atoms with van der Waals surface area (Å²) in [6.45, 7) is 3.96. The first-order chi connectivity index (χ1) is 12.0. The number of aromatic nitrogens is 2. The number of nitrogens with one attached hydrogen (secondary N) is 1. The van der Waals surface area contributed by atoms with Crippen molar-refractivity contribution in [3.05, 3.63) is 65.7 Å². The molecule has 0 fully saturated rings. The molecule has 0 atom stereocenters. The molecule has 3 aromatic rings. The van der Waals surface area contributed by atoms with Gasteiger partial charge in [0, 0.05) is 17.1 Å². The molecule has 0 aliphatic carbocycles. The van der Waals surface area contributed by atoms with Gasteiger partial charge >= 0.3 is 0 Å². The van der Waals surface area contributed by atoms with Crippen molar-refractivity contribution in [2.45, 2.75) is 13.8 Å². The smallest absolute Gasteiger partial charge is 0.259 e. The van der Waals surface area contributed by atoms with E-state index < -0.39 is 5.91 Å². The summed E-state index contributed by atoms with van der Waals surface area (Å²) in [6, 6.07) is 12.2. The van der Waals surface area contributed by atoms with Crippen LogP contribution in [0.2, 0.25) is 0 Å². The highest BCUT2D eigenvalue weighted by molar-refractivity contribution is 6.06. The molecule has 1 aromatic heterocycles. The molecule has 1 heterocycles. The second-order valence-electron chi connectivity index (χ2n) is 5.64. The summed E-state index contributed by atoms with van der Waals surface area (Å²) in [7, 11) is 1.44. The third-order valence-corrected chi connectivity index (χ3v) is 4.12. The van der Waals surface area contributed by atoms with Crippen molar-refractivity contribution in [1.82, 2.24) is 9.55 Å². The van der Waals surface area contributed by atoms with Crippen LogP contribution in [-0.2, 0) is 0 Å². The number of hydrogen-bond acceptors (Lipinski definition) is 4. The van der Waals surface area contributed by atoms with Crippen molar-refractivity contribution in [1.29, 1.82) is 0 Å². The molecular formula is C19H19N3O3. The van der Waals surface area contributed by atoms with Crippen LogP contribution in [0.5, 0.6) is 11.5 Å². The van der Waals surface area contributed by atoms with Gasteiger partial charge in [-0.05, 0) is 50.2 Å². The van der Waals surface area contributed by atoms with Crippen molar-refractivity contribution in [2.24, 2.45) is 0 Å². The average Bonchev–Trinajstić information content (AvgIpc) is 2.95. The fourth-order valence-corrected chi connectivity index (χ4v) is 2.53. The molecule has 1 amide bonds. The zero-order valence-corrected chi connectivity index (χ0v) is 14.3. The maximum atomic E-state index is 12.4. The number of ether oxygens (including phenoxy) is 1. The number of carbonyl (C=O) groups excluding carboxylic acids is 1. The first-order valence-corrected chi connectivity index (χ1v) is 7.79. The first kappa shape index (κ1) is 16.6. The molecule has 6 heteroatoms. The van der Waals surface area contributed by atoms with Gasteiger partial charge in [-0.15, -0.1) is 0 Å². The van der Waals surface area contributed by atoms with E-state index in [1.165, 1.54) is 7.11 Å². The van der Waals surface area contributed by atoms with Crippen LogP contribution in [0, 0.1) is 13.8 Å². The van der Waals surface area contributed by atoms with Gasteiger partial charge in [0.25, 0.3) is 5.91 Å². The van der Waals surface area contributed by atoms with E-state index in [-0.39, 0.29) is 17.1 Å². The van der Waals surface area contributed by atoms with Crippen molar-refractivity contribution < 1.29 is 14.6 Å². The molecule has 0 bridgehead atoms. The molecule has 25 heavy (non-hydrogen) atoms. The number of amides is 1. The summed E-state index contributed by atoms with van der Waals surface area (Å²) in [5.41, 5.74) is 3.79. The minimum atomic E-state index is -0.404. The number of imidazole rings is 1. The van der Waals surface area contributed by atoms with Crippen LogP contribution in [0.4, 0.5) is 5.69 Å². The summed E-state index contributed by atoms with van der Waals surface area (Å²) in [5, 5.41) is 12.8. The molecule has 0 radical (unpaired) electrons. The number of rotatable bonds is 4. The highest BCUT2D eigenvalue weighted by Gasteiger charge is 2.15. The molecule has 0 unspecified atom stereocenters. The Hall–Kier alpha value is -3.28. The lowest BCUT2D eigenvalue weighted by Gasteiger charge is -2.10. The summed E-state index contributed by atoms with van der Waals surface area (Å²) < 4.78 is 7.01. The number of benzene rings is 2. The van der Waals surface area contributed by atoms with E-state index in [0.29, 0.717) is 5.69 Å². The van der Waals surface area contributed by atoms with Gasteiger partial charge in [-0.2, -0.15) is 0 Å². The Morgan fingerprint density at radius 1 is 1.16 bits per heavy atom. The number of carbonyl (C=O) groups is 1. The number of aryl methyl sites for hydroxylation is 1. The molecule has 2 N–H and O–H groups in total. The van der Waals surface area contributed by atoms with Crippen LogP contribution in [0.1, 0.15) is 21.7 Å². The van der Waals surface area contributed by atoms with E-state index in [2.05, 4.69) is 10.3 Å². The molecule has 6 nitrogen and oxygen atoms in total. The standard InChI is InChI=1S/C19H19N3O3/c1-12-13(2)22(11-20-12)15-9-7-14(8-10-15)21-19(24)16-5-4-6-17(25-3)18(16)23/h4-11,23H,1-3H3,(H,21,24). The third-order valence-electron chi connectivity index (χ3n) is 4.12. The Labute approximate surface area is 145 Å². The number of phenols is 1. The molecule has 0 aliphatic heterocycles. The summed E-state index contributed by atoms with van der Waals surface area (Å²) in [4.78, 5) is 16.7. The van der Waals surface area contributed by atoms with Crippen LogP contribution < -0.4 is 10.1 Å². The lowest BCUT2D eigenvalue weighted by molar-refractivity contribution is 0.102. The number of anilines is 1. The topological polar surface area (TPSA) is 76.4 Å². The van der Waals surface area contributed by atoms with Crippen LogP contribution >= 0.6 is 0 Å². The zero-order valence-electron chi connectivity index (χ0n) is 14.3. The van der Waals surface area contributed by atoms with Gasteiger partial charge in [-0.25, -0.2) is 4.98 Å². The van der Waals surface area contributed by atoms with Crippen molar-refractivity contribution in [3.63, 3.8) is 0 Å². The lowest BCUT2D eigenvalue weighted by Crippen LogP contribution is -2.12. The second kappa shape index (κ2) is 6.68. The van der Waals surface area contributed by atoms with Crippen LogP contribution in [0.3, 0.4) is 0 Å². The van der Waals surface area contributed by atoms with E-state index in [4.69, 9.17) is 4.74 Å². The van der Waals surface area contributed by atoms with E-state index in [1.807, 2.05) is 30.5 Å². The number of para-hydroxylation sites is 1. The number of phenolic OH excluding ortho intramolecular Hbond substituents is 1. The SMILES string of the molecule is COc1cccc(C(=O)Nc2ccc(-n3cnc(C)c3C)cc2)c1O. The molecule has 128 valence electrons. The van der Waals surface area contributed by atoms with Crippen LogP contribution in [-0.4, -0.2) is 27.7 Å². The second-order valence-corrected chi connectivity index (χ2v) is 5.64. The zero-order chi connectivity index (χ0) is 18.0. The minimum absolute atomic E-state index is 0.157. The Balaban J connectivity index is 1.80. The highest BCUT2D eigenvalue weighted by Crippen LogP contribution is 2.30. The predicted octanol–water partition coefficient (Wildman–Crippen LogP) is 3.46. The molecule has 3 rings (SSSR count). The third kappa shape index (κ3) is 3.19. The first-order valence-electron chi connectivity index (χ1n) is 7.79. The fraction of sp³-hybridized carbons (Fsp3) is 0.158. The van der Waals surface area contributed by atoms with Gasteiger partial charge in [0.1, 0.15) is 0 Å². The summed E-state index contributed by atoms with van der Waals surface area (Å²) in [6.07, 6.45) is 1.77. The van der Waals surface area contributed by atoms with Gasteiger partial charge in [0.05, 0.1) is 24.7 Å². The van der Waals surface area contributed by atoms with Gasteiger partial charge in [-0.3, -0.25) is 4.79 Å². The Morgan fingerprint density at radius 2 is 1.88 bits per heavy atom. The Kier molecular flexibility index (Phi) is 4.43. The minimum Gasteiger partial charge on any atom is -0.504 e. The normalized spacial score (nSPS) is 10.5. The fourth-order valence-electron chi connectivity index (χ4n) is 2.53. The maximum Gasteiger partial charge on any atom is 0.259 e. The summed E-state index contributed by atoms with van der Waals surface area (Å²) >= 11 is 0. The monoisotopic (exact) mass is 337 g/mol. The van der Waals surface area contributed by atoms with E-state index in [9.17, 15) is 9.90 Å². The van der Waals surface area contributed by atoms with E-state index >= 15 is 0 Å². The average molecular weight is 337 g/mol. The Bertz CT molecular complexity index is 914. The van der Waals surface area contributed by atoms with Crippen LogP contribution in [0.15, 0.2) is 48.8 Å². The lowest BCUT2D eigenvalue weighted by atomic mass is 10.1. The molecular weight excluding hydrogens is 318 g/mol. The van der Waals surface area contributed by atoms with Gasteiger partial charge < -0.3 is 19.7 Å². The van der Waals surface area contributed by atoms with E-state index in [0.717, 1.165) is 17.1 Å².